The van der Waals surface area contributed by atoms with Gasteiger partial charge in [-0.3, -0.25) is 9.59 Å². The molecule has 0 aliphatic rings. The minimum atomic E-state index is -0.186. The molecule has 2 rings (SSSR count). The molecule has 0 saturated carbocycles. The van der Waals surface area contributed by atoms with Crippen LogP contribution in [-0.4, -0.2) is 22.6 Å². The van der Waals surface area contributed by atoms with Gasteiger partial charge in [0, 0.05) is 24.0 Å². The number of hydrogen-bond acceptors (Lipinski definition) is 5. The molecule has 0 aliphatic heterocycles. The van der Waals surface area contributed by atoms with E-state index in [4.69, 9.17) is 0 Å². The van der Waals surface area contributed by atoms with Gasteiger partial charge in [0.25, 0.3) is 0 Å². The maximum absolute atomic E-state index is 12.1. The van der Waals surface area contributed by atoms with E-state index < -0.39 is 0 Å². The summed E-state index contributed by atoms with van der Waals surface area (Å²) in [4.78, 5) is 27.6. The Bertz CT molecular complexity index is 828. The van der Waals surface area contributed by atoms with Crippen LogP contribution in [0.5, 0.6) is 0 Å². The highest BCUT2D eigenvalue weighted by Gasteiger charge is 2.10. The second-order valence-corrected chi connectivity index (χ2v) is 6.58. The summed E-state index contributed by atoms with van der Waals surface area (Å²) >= 11 is 1.25. The van der Waals surface area contributed by atoms with E-state index in [1.165, 1.54) is 18.7 Å². The average molecular weight is 368 g/mol. The topological polar surface area (TPSA) is 94.9 Å². The van der Waals surface area contributed by atoms with Gasteiger partial charge in [-0.1, -0.05) is 25.1 Å². The average Bonchev–Trinajstić information content (AvgIpc) is 2.61. The van der Waals surface area contributed by atoms with Crippen LogP contribution in [0.4, 0.5) is 11.4 Å². The molecule has 0 spiro atoms. The van der Waals surface area contributed by atoms with Crippen molar-refractivity contribution < 1.29 is 9.59 Å². The van der Waals surface area contributed by atoms with E-state index in [9.17, 15) is 14.9 Å². The third-order valence-corrected chi connectivity index (χ3v) is 4.36. The highest BCUT2D eigenvalue weighted by Crippen LogP contribution is 2.22. The summed E-state index contributed by atoms with van der Waals surface area (Å²) in [7, 11) is 0. The summed E-state index contributed by atoms with van der Waals surface area (Å²) < 4.78 is 0. The summed E-state index contributed by atoms with van der Waals surface area (Å²) in [6.07, 6.45) is 1.81. The maximum atomic E-state index is 12.1. The lowest BCUT2D eigenvalue weighted by Crippen LogP contribution is -2.14. The first-order valence-corrected chi connectivity index (χ1v) is 9.20. The molecule has 0 fully saturated rings. The number of carbonyl (C=O) groups is 2. The van der Waals surface area contributed by atoms with Crippen LogP contribution in [0.15, 0.2) is 41.4 Å². The number of nitrogens with zero attached hydrogens (tertiary/aromatic N) is 2. The highest BCUT2D eigenvalue weighted by molar-refractivity contribution is 8.00. The van der Waals surface area contributed by atoms with E-state index in [2.05, 4.69) is 28.6 Å². The lowest BCUT2D eigenvalue weighted by molar-refractivity contribution is -0.114. The van der Waals surface area contributed by atoms with Gasteiger partial charge in [-0.2, -0.15) is 5.26 Å². The van der Waals surface area contributed by atoms with Gasteiger partial charge in [0.15, 0.2) is 0 Å². The molecule has 1 aromatic carbocycles. The fraction of sp³-hybridized carbons (Fsp3) is 0.263. The summed E-state index contributed by atoms with van der Waals surface area (Å²) in [6, 6.07) is 12.6. The molecule has 7 heteroatoms. The van der Waals surface area contributed by atoms with Crippen molar-refractivity contribution in [3.05, 3.63) is 47.7 Å². The summed E-state index contributed by atoms with van der Waals surface area (Å²) in [6.45, 7) is 3.50. The predicted molar refractivity (Wildman–Crippen MR) is 103 cm³/mol. The number of thioether (sulfide) groups is 1. The largest absolute Gasteiger partial charge is 0.326 e. The molecule has 2 amide bonds. The fourth-order valence-electron chi connectivity index (χ4n) is 2.24. The molecule has 0 unspecified atom stereocenters. The Balaban J connectivity index is 1.95. The van der Waals surface area contributed by atoms with E-state index >= 15 is 0 Å². The first-order chi connectivity index (χ1) is 12.5. The minimum absolute atomic E-state index is 0.149. The van der Waals surface area contributed by atoms with Gasteiger partial charge >= 0.3 is 0 Å². The third kappa shape index (κ3) is 5.90. The first-order valence-electron chi connectivity index (χ1n) is 8.22. The number of amides is 2. The summed E-state index contributed by atoms with van der Waals surface area (Å²) in [5, 5.41) is 15.2. The number of carbonyl (C=O) groups excluding carboxylic acids is 2. The number of pyridine rings is 1. The van der Waals surface area contributed by atoms with Crippen molar-refractivity contribution in [1.82, 2.24) is 4.98 Å². The molecule has 0 aliphatic carbocycles. The van der Waals surface area contributed by atoms with E-state index in [1.807, 2.05) is 6.07 Å². The van der Waals surface area contributed by atoms with Gasteiger partial charge in [0.1, 0.15) is 11.1 Å². The Morgan fingerprint density at radius 2 is 1.77 bits per heavy atom. The van der Waals surface area contributed by atoms with Crippen molar-refractivity contribution in [3.8, 4) is 6.07 Å². The van der Waals surface area contributed by atoms with E-state index in [1.54, 1.807) is 30.3 Å². The number of benzene rings is 1. The van der Waals surface area contributed by atoms with Crippen LogP contribution >= 0.6 is 11.8 Å². The quantitative estimate of drug-likeness (QED) is 0.728. The molecule has 6 nitrogen and oxygen atoms in total. The summed E-state index contributed by atoms with van der Waals surface area (Å²) in [5.41, 5.74) is 2.70. The molecule has 134 valence electrons. The smallest absolute Gasteiger partial charge is 0.234 e. The molecular formula is C19H20N4O2S. The van der Waals surface area contributed by atoms with Crippen LogP contribution in [0, 0.1) is 11.3 Å². The third-order valence-electron chi connectivity index (χ3n) is 3.37. The lowest BCUT2D eigenvalue weighted by atomic mass is 10.2. The van der Waals surface area contributed by atoms with E-state index in [0.29, 0.717) is 22.0 Å². The number of aryl methyl sites for hydroxylation is 1. The van der Waals surface area contributed by atoms with Crippen LogP contribution in [0.2, 0.25) is 0 Å². The van der Waals surface area contributed by atoms with Gasteiger partial charge in [0.2, 0.25) is 11.8 Å². The number of hydrogen-bond donors (Lipinski definition) is 2. The number of rotatable bonds is 7. The van der Waals surface area contributed by atoms with Crippen molar-refractivity contribution >= 4 is 35.0 Å². The number of nitrogens with one attached hydrogen (secondary N) is 2. The Morgan fingerprint density at radius 1 is 1.12 bits per heavy atom. The SMILES string of the molecule is CCCc1ccc(C#N)c(SCC(=O)Nc2ccc(NC(C)=O)cc2)n1. The van der Waals surface area contributed by atoms with Gasteiger partial charge in [-0.15, -0.1) is 0 Å². The van der Waals surface area contributed by atoms with Gasteiger partial charge < -0.3 is 10.6 Å². The first kappa shape index (κ1) is 19.5. The van der Waals surface area contributed by atoms with E-state index in [0.717, 1.165) is 18.5 Å². The minimum Gasteiger partial charge on any atom is -0.326 e. The number of nitriles is 1. The molecule has 2 N–H and O–H groups in total. The van der Waals surface area contributed by atoms with Crippen molar-refractivity contribution in [2.75, 3.05) is 16.4 Å². The molecule has 1 aromatic heterocycles. The standard InChI is InChI=1S/C19H20N4O2S/c1-3-4-15-6-5-14(11-20)19(23-15)26-12-18(25)22-17-9-7-16(8-10-17)21-13(2)24/h5-10H,3-4,12H2,1-2H3,(H,21,24)(H,22,25). The molecule has 0 atom stereocenters. The van der Waals surface area contributed by atoms with Crippen LogP contribution in [0.1, 0.15) is 31.5 Å². The van der Waals surface area contributed by atoms with Crippen LogP contribution in [0.25, 0.3) is 0 Å². The molecule has 26 heavy (non-hydrogen) atoms. The zero-order valence-corrected chi connectivity index (χ0v) is 15.5. The molecule has 0 bridgehead atoms. The second kappa shape index (κ2) is 9.59. The zero-order chi connectivity index (χ0) is 18.9. The zero-order valence-electron chi connectivity index (χ0n) is 14.7. The Morgan fingerprint density at radius 3 is 2.35 bits per heavy atom. The molecular weight excluding hydrogens is 348 g/mol. The van der Waals surface area contributed by atoms with Crippen LogP contribution < -0.4 is 10.6 Å². The van der Waals surface area contributed by atoms with Gasteiger partial charge in [-0.25, -0.2) is 4.98 Å². The fourth-order valence-corrected chi connectivity index (χ4v) is 3.03. The number of anilines is 2. The Kier molecular flexibility index (Phi) is 7.18. The van der Waals surface area contributed by atoms with Gasteiger partial charge in [-0.05, 0) is 42.8 Å². The van der Waals surface area contributed by atoms with Crippen molar-refractivity contribution in [3.63, 3.8) is 0 Å². The summed E-state index contributed by atoms with van der Waals surface area (Å²) in [5.74, 6) is -0.178. The highest BCUT2D eigenvalue weighted by atomic mass is 32.2. The predicted octanol–water partition coefficient (Wildman–Crippen LogP) is 3.59. The van der Waals surface area contributed by atoms with Crippen molar-refractivity contribution in [2.45, 2.75) is 31.7 Å². The lowest BCUT2D eigenvalue weighted by Gasteiger charge is -2.08. The van der Waals surface area contributed by atoms with Crippen molar-refractivity contribution in [2.24, 2.45) is 0 Å². The van der Waals surface area contributed by atoms with Gasteiger partial charge in [0.05, 0.1) is 11.3 Å². The monoisotopic (exact) mass is 368 g/mol. The normalized spacial score (nSPS) is 10.0. The van der Waals surface area contributed by atoms with Crippen LogP contribution in [-0.2, 0) is 16.0 Å². The Hall–Kier alpha value is -2.85. The number of aromatic nitrogens is 1. The second-order valence-electron chi connectivity index (χ2n) is 5.61. The van der Waals surface area contributed by atoms with Crippen molar-refractivity contribution in [1.29, 1.82) is 5.26 Å². The van der Waals surface area contributed by atoms with E-state index in [-0.39, 0.29) is 17.6 Å². The molecule has 1 heterocycles. The molecule has 0 radical (unpaired) electrons. The molecule has 2 aromatic rings. The molecule has 0 saturated heterocycles. The maximum Gasteiger partial charge on any atom is 0.234 e. The Labute approximate surface area is 157 Å². The van der Waals surface area contributed by atoms with Crippen LogP contribution in [0.3, 0.4) is 0 Å².